The summed E-state index contributed by atoms with van der Waals surface area (Å²) in [6.07, 6.45) is 8.21. The molecule has 1 aromatic carbocycles. The number of aliphatic carboxylic acids is 1. The fourth-order valence-electron chi connectivity index (χ4n) is 5.49. The number of fused-ring (bicyclic) bond motifs is 1. The van der Waals surface area contributed by atoms with E-state index in [4.69, 9.17) is 15.5 Å². The van der Waals surface area contributed by atoms with Crippen LogP contribution >= 0.6 is 0 Å². The summed E-state index contributed by atoms with van der Waals surface area (Å²) in [6, 6.07) is 3.76. The predicted octanol–water partition coefficient (Wildman–Crippen LogP) is 3.04. The molecule has 2 aromatic rings. The first-order valence-corrected chi connectivity index (χ1v) is 13.9. The van der Waals surface area contributed by atoms with Gasteiger partial charge in [0, 0.05) is 18.7 Å². The standard InChI is InChI=1S/C28H39N7O5/c1-4-21-26(37)34(2)22-16-30-28(33-24(22)35(21)18-9-5-6-10-18)32-19-13-12-17(15-23(19)40-3)25(36)31-20(27(38)39)11-7-8-14-29/h12-13,15-16,18,20-21H,4-11,14,29H2,1-3H3,(H,31,36)(H,38,39)(H,30,32,33)/t20?,21-/m1/s1. The lowest BCUT2D eigenvalue weighted by molar-refractivity contribution is -0.139. The Morgan fingerprint density at radius 1 is 1.25 bits per heavy atom. The molecular formula is C28H39N7O5. The van der Waals surface area contributed by atoms with Gasteiger partial charge in [0.15, 0.2) is 5.82 Å². The zero-order valence-corrected chi connectivity index (χ0v) is 23.4. The Bertz CT molecular complexity index is 1230. The van der Waals surface area contributed by atoms with Gasteiger partial charge < -0.3 is 36.0 Å². The molecule has 1 aromatic heterocycles. The number of nitrogens with one attached hydrogen (secondary N) is 2. The van der Waals surface area contributed by atoms with Crippen molar-refractivity contribution in [1.82, 2.24) is 15.3 Å². The number of amides is 2. The van der Waals surface area contributed by atoms with E-state index in [2.05, 4.69) is 20.5 Å². The summed E-state index contributed by atoms with van der Waals surface area (Å²) >= 11 is 0. The van der Waals surface area contributed by atoms with Crippen LogP contribution in [-0.4, -0.2) is 71.7 Å². The van der Waals surface area contributed by atoms with Crippen LogP contribution in [0.4, 0.5) is 23.1 Å². The summed E-state index contributed by atoms with van der Waals surface area (Å²) < 4.78 is 5.53. The third-order valence-electron chi connectivity index (χ3n) is 7.67. The second-order valence-corrected chi connectivity index (χ2v) is 10.3. The number of aromatic nitrogens is 2. The summed E-state index contributed by atoms with van der Waals surface area (Å²) in [5.41, 5.74) is 6.97. The van der Waals surface area contributed by atoms with Gasteiger partial charge in [-0.2, -0.15) is 4.98 Å². The Balaban J connectivity index is 1.57. The average molecular weight is 554 g/mol. The molecule has 1 aliphatic carbocycles. The largest absolute Gasteiger partial charge is 0.495 e. The number of benzene rings is 1. The molecule has 0 radical (unpaired) electrons. The van der Waals surface area contributed by atoms with Crippen molar-refractivity contribution in [1.29, 1.82) is 0 Å². The maximum Gasteiger partial charge on any atom is 0.326 e. The van der Waals surface area contributed by atoms with Crippen LogP contribution in [0.25, 0.3) is 0 Å². The Morgan fingerprint density at radius 2 is 2.00 bits per heavy atom. The molecule has 216 valence electrons. The predicted molar refractivity (Wildman–Crippen MR) is 152 cm³/mol. The number of nitrogens with two attached hydrogens (primary N) is 1. The quantitative estimate of drug-likeness (QED) is 0.287. The SMILES string of the molecule is CC[C@@H]1C(=O)N(C)c2cnc(Nc3ccc(C(=O)NC(CCCCN)C(=O)O)cc3OC)nc2N1C1CCCC1. The number of hydrogen-bond donors (Lipinski definition) is 4. The third kappa shape index (κ3) is 6.11. The van der Waals surface area contributed by atoms with E-state index in [0.717, 1.165) is 31.5 Å². The molecule has 2 atom stereocenters. The topological polar surface area (TPSA) is 163 Å². The minimum atomic E-state index is -1.09. The summed E-state index contributed by atoms with van der Waals surface area (Å²) in [5.74, 6) is -0.130. The van der Waals surface area contributed by atoms with Crippen LogP contribution < -0.4 is 30.9 Å². The molecule has 0 saturated heterocycles. The van der Waals surface area contributed by atoms with Crippen LogP contribution in [0, 0.1) is 0 Å². The lowest BCUT2D eigenvalue weighted by Crippen LogP contribution is -2.55. The van der Waals surface area contributed by atoms with Gasteiger partial charge in [0.25, 0.3) is 5.91 Å². The molecule has 5 N–H and O–H groups in total. The normalized spacial score (nSPS) is 17.9. The highest BCUT2D eigenvalue weighted by molar-refractivity contribution is 6.04. The molecule has 1 fully saturated rings. The number of carboxylic acids is 1. The lowest BCUT2D eigenvalue weighted by Gasteiger charge is -2.43. The second-order valence-electron chi connectivity index (χ2n) is 10.3. The first kappa shape index (κ1) is 29.1. The van der Waals surface area contributed by atoms with Crippen molar-refractivity contribution in [2.75, 3.05) is 35.8 Å². The number of unbranched alkanes of at least 4 members (excludes halogenated alkanes) is 1. The highest BCUT2D eigenvalue weighted by Gasteiger charge is 2.41. The smallest absolute Gasteiger partial charge is 0.326 e. The number of ether oxygens (including phenoxy) is 1. The molecule has 2 aliphatic rings. The maximum atomic E-state index is 13.1. The summed E-state index contributed by atoms with van der Waals surface area (Å²) in [4.78, 5) is 50.7. The molecule has 0 bridgehead atoms. The number of rotatable bonds is 12. The van der Waals surface area contributed by atoms with Crippen molar-refractivity contribution in [3.8, 4) is 5.75 Å². The van der Waals surface area contributed by atoms with Crippen molar-refractivity contribution in [3.05, 3.63) is 30.0 Å². The van der Waals surface area contributed by atoms with Crippen molar-refractivity contribution < 1.29 is 24.2 Å². The summed E-state index contributed by atoms with van der Waals surface area (Å²) in [6.45, 7) is 2.48. The third-order valence-corrected chi connectivity index (χ3v) is 7.67. The van der Waals surface area contributed by atoms with Crippen molar-refractivity contribution in [2.24, 2.45) is 5.73 Å². The molecule has 1 saturated carbocycles. The Morgan fingerprint density at radius 3 is 2.65 bits per heavy atom. The number of nitrogens with zero attached hydrogens (tertiary/aromatic N) is 4. The fourth-order valence-corrected chi connectivity index (χ4v) is 5.49. The van der Waals surface area contributed by atoms with Crippen molar-refractivity contribution in [2.45, 2.75) is 76.4 Å². The van der Waals surface area contributed by atoms with Gasteiger partial charge in [-0.05, 0) is 63.3 Å². The maximum absolute atomic E-state index is 13.1. The minimum absolute atomic E-state index is 0.0475. The molecular weight excluding hydrogens is 514 g/mol. The van der Waals surface area contributed by atoms with E-state index >= 15 is 0 Å². The Kier molecular flexibility index (Phi) is 9.41. The van der Waals surface area contributed by atoms with Gasteiger partial charge in [0.2, 0.25) is 11.9 Å². The van der Waals surface area contributed by atoms with Crippen LogP contribution in [0.3, 0.4) is 0 Å². The van der Waals surface area contributed by atoms with Crippen LogP contribution in [0.1, 0.15) is 68.6 Å². The van der Waals surface area contributed by atoms with Gasteiger partial charge >= 0.3 is 5.97 Å². The van der Waals surface area contributed by atoms with E-state index in [1.807, 2.05) is 6.92 Å². The molecule has 2 amide bonds. The molecule has 12 heteroatoms. The number of carbonyl (C=O) groups excluding carboxylic acids is 2. The number of methoxy groups -OCH3 is 1. The van der Waals surface area contributed by atoms with E-state index in [9.17, 15) is 19.5 Å². The Labute approximate surface area is 234 Å². The Hall–Kier alpha value is -3.93. The van der Waals surface area contributed by atoms with E-state index in [-0.39, 0.29) is 23.6 Å². The zero-order valence-electron chi connectivity index (χ0n) is 23.4. The highest BCUT2D eigenvalue weighted by atomic mass is 16.5. The number of anilines is 4. The van der Waals surface area contributed by atoms with E-state index in [1.165, 1.54) is 7.11 Å². The van der Waals surface area contributed by atoms with Crippen LogP contribution in [-0.2, 0) is 9.59 Å². The van der Waals surface area contributed by atoms with Gasteiger partial charge in [0.05, 0.1) is 19.0 Å². The second kappa shape index (κ2) is 12.9. The monoisotopic (exact) mass is 553 g/mol. The summed E-state index contributed by atoms with van der Waals surface area (Å²) in [7, 11) is 3.24. The summed E-state index contributed by atoms with van der Waals surface area (Å²) in [5, 5.41) is 15.3. The molecule has 4 rings (SSSR count). The van der Waals surface area contributed by atoms with E-state index in [1.54, 1.807) is 36.3 Å². The number of hydrogen-bond acceptors (Lipinski definition) is 9. The van der Waals surface area contributed by atoms with E-state index in [0.29, 0.717) is 55.3 Å². The van der Waals surface area contributed by atoms with Crippen molar-refractivity contribution >= 4 is 40.9 Å². The zero-order chi connectivity index (χ0) is 28.8. The van der Waals surface area contributed by atoms with Crippen LogP contribution in [0.5, 0.6) is 5.75 Å². The molecule has 12 nitrogen and oxygen atoms in total. The first-order valence-electron chi connectivity index (χ1n) is 13.9. The number of likely N-dealkylation sites (N-methyl/N-ethyl adjacent to an activating group) is 1. The van der Waals surface area contributed by atoms with Gasteiger partial charge in [0.1, 0.15) is 23.5 Å². The lowest BCUT2D eigenvalue weighted by atomic mass is 10.0. The molecule has 1 aliphatic heterocycles. The van der Waals surface area contributed by atoms with Gasteiger partial charge in [-0.15, -0.1) is 0 Å². The minimum Gasteiger partial charge on any atom is -0.495 e. The van der Waals surface area contributed by atoms with E-state index < -0.39 is 17.9 Å². The van der Waals surface area contributed by atoms with Gasteiger partial charge in [-0.25, -0.2) is 9.78 Å². The number of carbonyl (C=O) groups is 3. The van der Waals surface area contributed by atoms with Gasteiger partial charge in [-0.3, -0.25) is 9.59 Å². The first-order chi connectivity index (χ1) is 19.3. The molecule has 1 unspecified atom stereocenters. The molecule has 0 spiro atoms. The number of carboxylic acid groups (broad SMARTS) is 1. The van der Waals surface area contributed by atoms with Crippen LogP contribution in [0.2, 0.25) is 0 Å². The molecule has 2 heterocycles. The molecule has 40 heavy (non-hydrogen) atoms. The van der Waals surface area contributed by atoms with Gasteiger partial charge in [-0.1, -0.05) is 19.8 Å². The van der Waals surface area contributed by atoms with Crippen LogP contribution in [0.15, 0.2) is 24.4 Å². The highest BCUT2D eigenvalue weighted by Crippen LogP contribution is 2.40. The van der Waals surface area contributed by atoms with Crippen molar-refractivity contribution in [3.63, 3.8) is 0 Å². The fraction of sp³-hybridized carbons (Fsp3) is 0.536. The average Bonchev–Trinajstić information content (AvgIpc) is 3.49.